The Hall–Kier alpha value is -0.860. The molecule has 1 saturated heterocycles. The van der Waals surface area contributed by atoms with Gasteiger partial charge in [-0.15, -0.1) is 24.0 Å². The number of piperazine rings is 1. The fourth-order valence-corrected chi connectivity index (χ4v) is 2.94. The van der Waals surface area contributed by atoms with E-state index >= 15 is 0 Å². The van der Waals surface area contributed by atoms with Gasteiger partial charge >= 0.3 is 0 Å². The Balaban J connectivity index is 0.00000312. The predicted octanol–water partition coefficient (Wildman–Crippen LogP) is 2.04. The molecule has 0 saturated carbocycles. The summed E-state index contributed by atoms with van der Waals surface area (Å²) in [6.45, 7) is 13.9. The van der Waals surface area contributed by atoms with Crippen LogP contribution in [0.1, 0.15) is 19.4 Å². The molecule has 6 heteroatoms. The zero-order valence-corrected chi connectivity index (χ0v) is 18.0. The van der Waals surface area contributed by atoms with Crippen LogP contribution in [0, 0.1) is 0 Å². The number of hydrogen-bond acceptors (Lipinski definition) is 3. The van der Waals surface area contributed by atoms with Crippen LogP contribution >= 0.6 is 24.0 Å². The van der Waals surface area contributed by atoms with Crippen molar-refractivity contribution in [2.45, 2.75) is 20.3 Å². The Bertz CT molecular complexity index is 472. The van der Waals surface area contributed by atoms with E-state index in [-0.39, 0.29) is 24.0 Å². The molecule has 2 N–H and O–H groups in total. The monoisotopic (exact) mass is 459 g/mol. The summed E-state index contributed by atoms with van der Waals surface area (Å²) in [5.74, 6) is 0.931. The minimum absolute atomic E-state index is 0. The molecule has 0 radical (unpaired) electrons. The molecule has 5 nitrogen and oxygen atoms in total. The van der Waals surface area contributed by atoms with Crippen molar-refractivity contribution in [2.24, 2.45) is 4.99 Å². The average molecular weight is 459 g/mol. The molecule has 25 heavy (non-hydrogen) atoms. The molecule has 0 unspecified atom stereocenters. The summed E-state index contributed by atoms with van der Waals surface area (Å²) in [5, 5.41) is 6.77. The maximum atomic E-state index is 4.72. The summed E-state index contributed by atoms with van der Waals surface area (Å²) in [6.07, 6.45) is 1.02. The molecule has 0 aliphatic carbocycles. The van der Waals surface area contributed by atoms with Gasteiger partial charge in [0.1, 0.15) is 0 Å². The number of rotatable bonds is 8. The second-order valence-corrected chi connectivity index (χ2v) is 6.20. The molecule has 0 bridgehead atoms. The summed E-state index contributed by atoms with van der Waals surface area (Å²) in [6, 6.07) is 10.6. The largest absolute Gasteiger partial charge is 0.357 e. The Morgan fingerprint density at radius 3 is 2.32 bits per heavy atom. The lowest BCUT2D eigenvalue weighted by atomic mass is 10.1. The zero-order chi connectivity index (χ0) is 17.0. The summed E-state index contributed by atoms with van der Waals surface area (Å²) in [7, 11) is 0. The highest BCUT2D eigenvalue weighted by Crippen LogP contribution is 2.00. The molecule has 1 fully saturated rings. The Morgan fingerprint density at radius 2 is 1.68 bits per heavy atom. The Labute approximate surface area is 170 Å². The number of guanidine groups is 1. The molecule has 1 heterocycles. The van der Waals surface area contributed by atoms with Gasteiger partial charge in [0.2, 0.25) is 0 Å². The second-order valence-electron chi connectivity index (χ2n) is 6.20. The van der Waals surface area contributed by atoms with Crippen LogP contribution in [0.4, 0.5) is 0 Å². The zero-order valence-electron chi connectivity index (χ0n) is 15.7. The summed E-state index contributed by atoms with van der Waals surface area (Å²) in [5.41, 5.74) is 1.36. The standard InChI is InChI=1S/C19H33N5.HI/c1-3-20-19(21-11-10-18-8-6-5-7-9-18)22-12-13-24-16-14-23(4-2)15-17-24;/h5-9H,3-4,10-17H2,1-2H3,(H2,20,21,22);1H. The van der Waals surface area contributed by atoms with Crippen LogP contribution in [0.3, 0.4) is 0 Å². The number of likely N-dealkylation sites (N-methyl/N-ethyl adjacent to an activating group) is 1. The number of benzene rings is 1. The van der Waals surface area contributed by atoms with Crippen molar-refractivity contribution in [3.8, 4) is 0 Å². The molecular formula is C19H34IN5. The van der Waals surface area contributed by atoms with Crippen LogP contribution in [0.2, 0.25) is 0 Å². The lowest BCUT2D eigenvalue weighted by molar-refractivity contribution is 0.140. The van der Waals surface area contributed by atoms with Gasteiger partial charge in [-0.2, -0.15) is 0 Å². The minimum Gasteiger partial charge on any atom is -0.357 e. The van der Waals surface area contributed by atoms with Crippen LogP contribution in [-0.2, 0) is 6.42 Å². The van der Waals surface area contributed by atoms with E-state index in [0.717, 1.165) is 38.6 Å². The third-order valence-electron chi connectivity index (χ3n) is 4.49. The first kappa shape index (κ1) is 22.2. The van der Waals surface area contributed by atoms with Gasteiger partial charge in [0.05, 0.1) is 6.54 Å². The van der Waals surface area contributed by atoms with Crippen LogP contribution in [-0.4, -0.2) is 74.7 Å². The smallest absolute Gasteiger partial charge is 0.191 e. The van der Waals surface area contributed by atoms with Crippen molar-refractivity contribution in [1.29, 1.82) is 0 Å². The number of nitrogens with one attached hydrogen (secondary N) is 2. The van der Waals surface area contributed by atoms with Gasteiger partial charge in [-0.05, 0) is 25.5 Å². The normalized spacial score (nSPS) is 16.3. The van der Waals surface area contributed by atoms with E-state index in [4.69, 9.17) is 4.99 Å². The molecule has 0 amide bonds. The van der Waals surface area contributed by atoms with Gasteiger partial charge < -0.3 is 15.5 Å². The molecule has 1 aromatic carbocycles. The first-order valence-electron chi connectivity index (χ1n) is 9.32. The van der Waals surface area contributed by atoms with E-state index in [2.05, 4.69) is 64.6 Å². The third-order valence-corrected chi connectivity index (χ3v) is 4.49. The van der Waals surface area contributed by atoms with Crippen molar-refractivity contribution in [1.82, 2.24) is 20.4 Å². The number of hydrogen-bond donors (Lipinski definition) is 2. The van der Waals surface area contributed by atoms with Gasteiger partial charge in [0.25, 0.3) is 0 Å². The van der Waals surface area contributed by atoms with Gasteiger partial charge in [0, 0.05) is 45.8 Å². The topological polar surface area (TPSA) is 42.9 Å². The molecule has 1 aromatic rings. The van der Waals surface area contributed by atoms with E-state index in [0.29, 0.717) is 0 Å². The van der Waals surface area contributed by atoms with E-state index in [1.807, 2.05) is 0 Å². The van der Waals surface area contributed by atoms with Gasteiger partial charge in [0.15, 0.2) is 5.96 Å². The maximum absolute atomic E-state index is 4.72. The SMILES string of the molecule is CCNC(=NCCN1CCN(CC)CC1)NCCc1ccccc1.I. The highest BCUT2D eigenvalue weighted by Gasteiger charge is 2.14. The molecule has 0 atom stereocenters. The van der Waals surface area contributed by atoms with E-state index in [1.54, 1.807) is 0 Å². The number of halogens is 1. The van der Waals surface area contributed by atoms with Crippen LogP contribution in [0.25, 0.3) is 0 Å². The molecular weight excluding hydrogens is 425 g/mol. The second kappa shape index (κ2) is 13.4. The molecule has 1 aliphatic rings. The van der Waals surface area contributed by atoms with Crippen LogP contribution < -0.4 is 10.6 Å². The van der Waals surface area contributed by atoms with Gasteiger partial charge in [-0.1, -0.05) is 37.3 Å². The molecule has 2 rings (SSSR count). The molecule has 1 aliphatic heterocycles. The quantitative estimate of drug-likeness (QED) is 0.355. The van der Waals surface area contributed by atoms with E-state index < -0.39 is 0 Å². The van der Waals surface area contributed by atoms with E-state index in [1.165, 1.54) is 38.3 Å². The molecule has 142 valence electrons. The fourth-order valence-electron chi connectivity index (χ4n) is 2.94. The average Bonchev–Trinajstić information content (AvgIpc) is 2.63. The summed E-state index contributed by atoms with van der Waals surface area (Å²) < 4.78 is 0. The van der Waals surface area contributed by atoms with Gasteiger partial charge in [-0.25, -0.2) is 0 Å². The molecule has 0 spiro atoms. The first-order valence-corrected chi connectivity index (χ1v) is 9.32. The summed E-state index contributed by atoms with van der Waals surface area (Å²) in [4.78, 5) is 9.74. The van der Waals surface area contributed by atoms with Crippen molar-refractivity contribution in [3.63, 3.8) is 0 Å². The summed E-state index contributed by atoms with van der Waals surface area (Å²) >= 11 is 0. The fraction of sp³-hybridized carbons (Fsp3) is 0.632. The maximum Gasteiger partial charge on any atom is 0.191 e. The highest BCUT2D eigenvalue weighted by atomic mass is 127. The van der Waals surface area contributed by atoms with Crippen LogP contribution in [0.15, 0.2) is 35.3 Å². The minimum atomic E-state index is 0. The van der Waals surface area contributed by atoms with Crippen molar-refractivity contribution in [3.05, 3.63) is 35.9 Å². The Kier molecular flexibility index (Phi) is 11.9. The van der Waals surface area contributed by atoms with Crippen molar-refractivity contribution < 1.29 is 0 Å². The number of aliphatic imine (C=N–C) groups is 1. The number of nitrogens with zero attached hydrogens (tertiary/aromatic N) is 3. The predicted molar refractivity (Wildman–Crippen MR) is 118 cm³/mol. The van der Waals surface area contributed by atoms with Crippen LogP contribution in [0.5, 0.6) is 0 Å². The lowest BCUT2D eigenvalue weighted by Crippen LogP contribution is -2.47. The highest BCUT2D eigenvalue weighted by molar-refractivity contribution is 14.0. The Morgan fingerprint density at radius 1 is 1.00 bits per heavy atom. The first-order chi connectivity index (χ1) is 11.8. The van der Waals surface area contributed by atoms with Gasteiger partial charge in [-0.3, -0.25) is 9.89 Å². The van der Waals surface area contributed by atoms with E-state index in [9.17, 15) is 0 Å². The van der Waals surface area contributed by atoms with Crippen molar-refractivity contribution in [2.75, 3.05) is 58.9 Å². The van der Waals surface area contributed by atoms with Crippen molar-refractivity contribution >= 4 is 29.9 Å². The lowest BCUT2D eigenvalue weighted by Gasteiger charge is -2.33. The third kappa shape index (κ3) is 8.87. The molecule has 0 aromatic heterocycles.